The molecule has 1 aromatic carbocycles. The van der Waals surface area contributed by atoms with Crippen LogP contribution in [0.1, 0.15) is 38.1 Å². The maximum absolute atomic E-state index is 12.1. The van der Waals surface area contributed by atoms with E-state index < -0.39 is 11.7 Å². The molecule has 0 radical (unpaired) electrons. The van der Waals surface area contributed by atoms with Gasteiger partial charge in [-0.25, -0.2) is 4.79 Å². The highest BCUT2D eigenvalue weighted by Gasteiger charge is 2.20. The number of nitrogens with zero attached hydrogens (tertiary/aromatic N) is 1. The van der Waals surface area contributed by atoms with E-state index >= 15 is 0 Å². The number of hydrogen-bond acceptors (Lipinski definition) is 4. The summed E-state index contributed by atoms with van der Waals surface area (Å²) in [5.74, 6) is 0. The molecular weight excluding hydrogens is 302 g/mol. The van der Waals surface area contributed by atoms with Crippen molar-refractivity contribution in [2.45, 2.75) is 39.3 Å². The average molecular weight is 327 g/mol. The monoisotopic (exact) mass is 327 g/mol. The summed E-state index contributed by atoms with van der Waals surface area (Å²) in [6, 6.07) is 13.5. The molecule has 0 aliphatic heterocycles. The summed E-state index contributed by atoms with van der Waals surface area (Å²) in [5.41, 5.74) is 2.40. The van der Waals surface area contributed by atoms with Crippen LogP contribution >= 0.6 is 0 Å². The molecule has 0 aliphatic rings. The average Bonchev–Trinajstić information content (AvgIpc) is 2.50. The molecule has 0 saturated carbocycles. The van der Waals surface area contributed by atoms with Gasteiger partial charge in [0, 0.05) is 24.1 Å². The van der Waals surface area contributed by atoms with E-state index in [1.807, 2.05) is 70.2 Å². The van der Waals surface area contributed by atoms with Gasteiger partial charge in [-0.2, -0.15) is 0 Å². The molecule has 1 aromatic heterocycles. The van der Waals surface area contributed by atoms with Gasteiger partial charge in [0.2, 0.25) is 0 Å². The SMILES string of the molecule is Cc1cc(NCC(NC(=O)OC(C)(C)C)c2ccccc2)ccn1. The molecule has 2 rings (SSSR count). The normalized spacial score (nSPS) is 12.3. The van der Waals surface area contributed by atoms with Gasteiger partial charge in [0.05, 0.1) is 6.04 Å². The van der Waals surface area contributed by atoms with E-state index in [1.165, 1.54) is 0 Å². The maximum atomic E-state index is 12.1. The van der Waals surface area contributed by atoms with Gasteiger partial charge in [-0.1, -0.05) is 30.3 Å². The standard InChI is InChI=1S/C19H25N3O2/c1-14-12-16(10-11-20-14)21-13-17(15-8-6-5-7-9-15)22-18(23)24-19(2,3)4/h5-12,17H,13H2,1-4H3,(H,20,21)(H,22,23). The first kappa shape index (κ1) is 17.8. The maximum Gasteiger partial charge on any atom is 0.408 e. The highest BCUT2D eigenvalue weighted by Crippen LogP contribution is 2.16. The van der Waals surface area contributed by atoms with Crippen molar-refractivity contribution in [2.24, 2.45) is 0 Å². The van der Waals surface area contributed by atoms with Crippen LogP contribution in [0.3, 0.4) is 0 Å². The van der Waals surface area contributed by atoms with Crippen molar-refractivity contribution in [1.82, 2.24) is 10.3 Å². The number of hydrogen-bond donors (Lipinski definition) is 2. The van der Waals surface area contributed by atoms with Crippen LogP contribution < -0.4 is 10.6 Å². The number of carbonyl (C=O) groups is 1. The second-order valence-electron chi connectivity index (χ2n) is 6.68. The summed E-state index contributed by atoms with van der Waals surface area (Å²) < 4.78 is 5.37. The number of amides is 1. The molecule has 0 aliphatic carbocycles. The Kier molecular flexibility index (Phi) is 5.79. The molecule has 24 heavy (non-hydrogen) atoms. The van der Waals surface area contributed by atoms with E-state index in [-0.39, 0.29) is 6.04 Å². The predicted octanol–water partition coefficient (Wildman–Crippen LogP) is 4.07. The zero-order chi connectivity index (χ0) is 17.6. The molecule has 2 N–H and O–H groups in total. The third kappa shape index (κ3) is 5.91. The van der Waals surface area contributed by atoms with Crippen molar-refractivity contribution in [3.8, 4) is 0 Å². The highest BCUT2D eigenvalue weighted by molar-refractivity contribution is 5.68. The lowest BCUT2D eigenvalue weighted by Crippen LogP contribution is -2.37. The van der Waals surface area contributed by atoms with Gasteiger partial charge in [-0.05, 0) is 45.4 Å². The van der Waals surface area contributed by atoms with Crippen LogP contribution in [0.25, 0.3) is 0 Å². The van der Waals surface area contributed by atoms with Crippen molar-refractivity contribution in [3.05, 3.63) is 59.9 Å². The van der Waals surface area contributed by atoms with Crippen molar-refractivity contribution in [1.29, 1.82) is 0 Å². The first-order valence-electron chi connectivity index (χ1n) is 8.04. The first-order valence-corrected chi connectivity index (χ1v) is 8.04. The number of aromatic nitrogens is 1. The number of nitrogens with one attached hydrogen (secondary N) is 2. The van der Waals surface area contributed by atoms with Crippen LogP contribution in [0.5, 0.6) is 0 Å². The van der Waals surface area contributed by atoms with E-state index in [9.17, 15) is 4.79 Å². The Morgan fingerprint density at radius 2 is 1.92 bits per heavy atom. The van der Waals surface area contributed by atoms with Gasteiger partial charge in [0.15, 0.2) is 0 Å². The number of rotatable bonds is 5. The van der Waals surface area contributed by atoms with Crippen LogP contribution in [-0.2, 0) is 4.74 Å². The molecule has 2 aromatic rings. The first-order chi connectivity index (χ1) is 11.3. The quantitative estimate of drug-likeness (QED) is 0.869. The van der Waals surface area contributed by atoms with Crippen LogP contribution in [0.4, 0.5) is 10.5 Å². The Balaban J connectivity index is 2.07. The molecule has 5 heteroatoms. The smallest absolute Gasteiger partial charge is 0.408 e. The van der Waals surface area contributed by atoms with Gasteiger partial charge in [0.25, 0.3) is 0 Å². The molecule has 0 bridgehead atoms. The van der Waals surface area contributed by atoms with Crippen LogP contribution in [0.2, 0.25) is 0 Å². The number of alkyl carbamates (subject to hydrolysis) is 1. The summed E-state index contributed by atoms with van der Waals surface area (Å²) in [6.45, 7) is 8.04. The number of benzene rings is 1. The fourth-order valence-corrected chi connectivity index (χ4v) is 2.26. The molecular formula is C19H25N3O2. The summed E-state index contributed by atoms with van der Waals surface area (Å²) in [6.07, 6.45) is 1.33. The molecule has 0 spiro atoms. The Morgan fingerprint density at radius 1 is 1.21 bits per heavy atom. The number of aryl methyl sites for hydroxylation is 1. The summed E-state index contributed by atoms with van der Waals surface area (Å²) in [4.78, 5) is 16.3. The van der Waals surface area contributed by atoms with Gasteiger partial charge in [-0.3, -0.25) is 4.98 Å². The molecule has 1 amide bonds. The summed E-state index contributed by atoms with van der Waals surface area (Å²) in [5, 5.41) is 6.28. The highest BCUT2D eigenvalue weighted by atomic mass is 16.6. The molecule has 0 fully saturated rings. The van der Waals surface area contributed by atoms with E-state index in [2.05, 4.69) is 15.6 Å². The largest absolute Gasteiger partial charge is 0.444 e. The predicted molar refractivity (Wildman–Crippen MR) is 96.0 cm³/mol. The Bertz CT molecular complexity index is 666. The van der Waals surface area contributed by atoms with Gasteiger partial charge < -0.3 is 15.4 Å². The third-order valence-corrected chi connectivity index (χ3v) is 3.30. The van der Waals surface area contributed by atoms with E-state index in [4.69, 9.17) is 4.74 Å². The minimum atomic E-state index is -0.527. The number of anilines is 1. The van der Waals surface area contributed by atoms with Crippen molar-refractivity contribution in [3.63, 3.8) is 0 Å². The molecule has 1 unspecified atom stereocenters. The lowest BCUT2D eigenvalue weighted by molar-refractivity contribution is 0.0506. The van der Waals surface area contributed by atoms with E-state index in [0.29, 0.717) is 6.54 Å². The summed E-state index contributed by atoms with van der Waals surface area (Å²) >= 11 is 0. The Hall–Kier alpha value is -2.56. The lowest BCUT2D eigenvalue weighted by Gasteiger charge is -2.24. The van der Waals surface area contributed by atoms with Crippen LogP contribution in [0.15, 0.2) is 48.7 Å². The topological polar surface area (TPSA) is 63.2 Å². The number of carbonyl (C=O) groups excluding carboxylic acids is 1. The van der Waals surface area contributed by atoms with Gasteiger partial charge in [-0.15, -0.1) is 0 Å². The molecule has 5 nitrogen and oxygen atoms in total. The third-order valence-electron chi connectivity index (χ3n) is 3.30. The van der Waals surface area contributed by atoms with Crippen molar-refractivity contribution >= 4 is 11.8 Å². The Labute approximate surface area is 143 Å². The number of pyridine rings is 1. The van der Waals surface area contributed by atoms with Crippen molar-refractivity contribution in [2.75, 3.05) is 11.9 Å². The lowest BCUT2D eigenvalue weighted by atomic mass is 10.1. The Morgan fingerprint density at radius 3 is 2.54 bits per heavy atom. The zero-order valence-electron chi connectivity index (χ0n) is 14.7. The van der Waals surface area contributed by atoms with E-state index in [1.54, 1.807) is 6.20 Å². The van der Waals surface area contributed by atoms with Crippen LogP contribution in [-0.4, -0.2) is 23.2 Å². The van der Waals surface area contributed by atoms with Crippen molar-refractivity contribution < 1.29 is 9.53 Å². The number of ether oxygens (including phenoxy) is 1. The fraction of sp³-hybridized carbons (Fsp3) is 0.368. The minimum absolute atomic E-state index is 0.200. The minimum Gasteiger partial charge on any atom is -0.444 e. The van der Waals surface area contributed by atoms with Crippen LogP contribution in [0, 0.1) is 6.92 Å². The molecule has 1 heterocycles. The second-order valence-corrected chi connectivity index (χ2v) is 6.68. The molecule has 1 atom stereocenters. The summed E-state index contributed by atoms with van der Waals surface area (Å²) in [7, 11) is 0. The second kappa shape index (κ2) is 7.81. The van der Waals surface area contributed by atoms with E-state index in [0.717, 1.165) is 16.9 Å². The molecule has 128 valence electrons. The fourth-order valence-electron chi connectivity index (χ4n) is 2.26. The van der Waals surface area contributed by atoms with Gasteiger partial charge in [0.1, 0.15) is 5.60 Å². The zero-order valence-corrected chi connectivity index (χ0v) is 14.7. The van der Waals surface area contributed by atoms with Gasteiger partial charge >= 0.3 is 6.09 Å². The molecule has 0 saturated heterocycles.